The van der Waals surface area contributed by atoms with E-state index in [0.717, 1.165) is 39.3 Å². The summed E-state index contributed by atoms with van der Waals surface area (Å²) in [6.45, 7) is 32.0. The van der Waals surface area contributed by atoms with E-state index in [1.807, 2.05) is 13.8 Å². The summed E-state index contributed by atoms with van der Waals surface area (Å²) in [6.07, 6.45) is 1.58. The second-order valence-electron chi connectivity index (χ2n) is 15.7. The number of Topliss-reactive ketones (excluding diaryl/α,β-unsaturated/α-hetero) is 1. The van der Waals surface area contributed by atoms with Gasteiger partial charge < -0.3 is 36.4 Å². The van der Waals surface area contributed by atoms with Crippen LogP contribution in [0.1, 0.15) is 94.9 Å². The lowest BCUT2D eigenvalue weighted by molar-refractivity contribution is -0.123. The molecule has 12 heteroatoms. The summed E-state index contributed by atoms with van der Waals surface area (Å²) < 4.78 is 0. The Morgan fingerprint density at radius 3 is 1.30 bits per heavy atom. The van der Waals surface area contributed by atoms with Gasteiger partial charge in [-0.1, -0.05) is 55.4 Å². The van der Waals surface area contributed by atoms with E-state index in [9.17, 15) is 19.2 Å². The normalized spacial score (nSPS) is 12.2. The van der Waals surface area contributed by atoms with Gasteiger partial charge in [-0.25, -0.2) is 0 Å². The van der Waals surface area contributed by atoms with Gasteiger partial charge in [0.25, 0.3) is 0 Å². The van der Waals surface area contributed by atoms with Crippen molar-refractivity contribution >= 4 is 23.5 Å². The lowest BCUT2D eigenvalue weighted by Gasteiger charge is -2.32. The van der Waals surface area contributed by atoms with Crippen LogP contribution < -0.4 is 21.7 Å². The zero-order valence-corrected chi connectivity index (χ0v) is 33.8. The SMILES string of the molecule is CC(C)CN(CCNC(=O)CCN(CCN(CC(C)C)C(C)C)CC(C)C)CCC(=O)NCCN(CCC(=O)NCCN)CCC(=O)C(C)C. The highest BCUT2D eigenvalue weighted by molar-refractivity contribution is 5.80. The van der Waals surface area contributed by atoms with Crippen molar-refractivity contribution < 1.29 is 19.2 Å². The Balaban J connectivity index is 4.80. The summed E-state index contributed by atoms with van der Waals surface area (Å²) in [5.41, 5.74) is 5.48. The van der Waals surface area contributed by atoms with Crippen molar-refractivity contribution in [3.8, 4) is 0 Å². The predicted octanol–water partition coefficient (Wildman–Crippen LogP) is 2.66. The maximum atomic E-state index is 12.8. The highest BCUT2D eigenvalue weighted by Crippen LogP contribution is 2.07. The third kappa shape index (κ3) is 26.7. The summed E-state index contributed by atoms with van der Waals surface area (Å²) in [5.74, 6) is 1.72. The second kappa shape index (κ2) is 28.5. The maximum absolute atomic E-state index is 12.8. The Labute approximate surface area is 306 Å². The van der Waals surface area contributed by atoms with Crippen molar-refractivity contribution in [2.45, 2.75) is 101 Å². The highest BCUT2D eigenvalue weighted by Gasteiger charge is 2.17. The van der Waals surface area contributed by atoms with Crippen LogP contribution in [0.3, 0.4) is 0 Å². The van der Waals surface area contributed by atoms with Crippen LogP contribution in [0.4, 0.5) is 0 Å². The van der Waals surface area contributed by atoms with Gasteiger partial charge in [-0.05, 0) is 31.6 Å². The fraction of sp³-hybridized carbons (Fsp3) is 0.895. The third-order valence-electron chi connectivity index (χ3n) is 8.53. The first-order chi connectivity index (χ1) is 23.5. The Hall–Kier alpha value is -2.12. The molecule has 0 bridgehead atoms. The fourth-order valence-electron chi connectivity index (χ4n) is 5.78. The number of amides is 3. The first-order valence-corrected chi connectivity index (χ1v) is 19.5. The Morgan fingerprint density at radius 1 is 0.480 bits per heavy atom. The molecule has 5 N–H and O–H groups in total. The molecule has 0 rings (SSSR count). The van der Waals surface area contributed by atoms with Crippen LogP contribution in [0, 0.1) is 23.7 Å². The molecule has 3 amide bonds. The topological polar surface area (TPSA) is 143 Å². The smallest absolute Gasteiger partial charge is 0.221 e. The van der Waals surface area contributed by atoms with E-state index < -0.39 is 0 Å². The monoisotopic (exact) mass is 711 g/mol. The minimum atomic E-state index is -0.0696. The molecule has 0 aromatic rings. The molecule has 0 aliphatic heterocycles. The van der Waals surface area contributed by atoms with E-state index in [4.69, 9.17) is 5.73 Å². The minimum absolute atomic E-state index is 0.0303. The van der Waals surface area contributed by atoms with E-state index in [0.29, 0.717) is 108 Å². The summed E-state index contributed by atoms with van der Waals surface area (Å²) in [7, 11) is 0. The average Bonchev–Trinajstić information content (AvgIpc) is 3.02. The summed E-state index contributed by atoms with van der Waals surface area (Å²) in [6, 6.07) is 0.502. The lowest BCUT2D eigenvalue weighted by Crippen LogP contribution is -2.43. The molecule has 0 saturated carbocycles. The van der Waals surface area contributed by atoms with Crippen LogP contribution in [0.5, 0.6) is 0 Å². The van der Waals surface area contributed by atoms with Gasteiger partial charge in [0.15, 0.2) is 0 Å². The average molecular weight is 711 g/mol. The molecule has 0 unspecified atom stereocenters. The molecule has 12 nitrogen and oxygen atoms in total. The van der Waals surface area contributed by atoms with Crippen molar-refractivity contribution in [3.05, 3.63) is 0 Å². The van der Waals surface area contributed by atoms with Crippen LogP contribution in [0.15, 0.2) is 0 Å². The molecule has 0 atom stereocenters. The zero-order valence-electron chi connectivity index (χ0n) is 33.8. The number of rotatable bonds is 31. The molecule has 0 aliphatic carbocycles. The predicted molar refractivity (Wildman–Crippen MR) is 207 cm³/mol. The van der Waals surface area contributed by atoms with Crippen molar-refractivity contribution in [1.82, 2.24) is 35.6 Å². The van der Waals surface area contributed by atoms with Gasteiger partial charge in [-0.3, -0.25) is 24.1 Å². The fourth-order valence-corrected chi connectivity index (χ4v) is 5.78. The van der Waals surface area contributed by atoms with Gasteiger partial charge in [0, 0.05) is 136 Å². The Kier molecular flexibility index (Phi) is 27.3. The molecule has 0 spiro atoms. The first kappa shape index (κ1) is 47.9. The van der Waals surface area contributed by atoms with Gasteiger partial charge >= 0.3 is 0 Å². The van der Waals surface area contributed by atoms with E-state index in [2.05, 4.69) is 90.9 Å². The van der Waals surface area contributed by atoms with Crippen LogP contribution >= 0.6 is 0 Å². The van der Waals surface area contributed by atoms with E-state index in [1.165, 1.54) is 0 Å². The van der Waals surface area contributed by atoms with E-state index in [1.54, 1.807) is 0 Å². The van der Waals surface area contributed by atoms with Crippen molar-refractivity contribution in [2.75, 3.05) is 98.2 Å². The molecule has 0 radical (unpaired) electrons. The molecule has 0 aliphatic rings. The lowest BCUT2D eigenvalue weighted by atomic mass is 10.1. The number of hydrogen-bond donors (Lipinski definition) is 4. The van der Waals surface area contributed by atoms with Crippen LogP contribution in [0.25, 0.3) is 0 Å². The summed E-state index contributed by atoms with van der Waals surface area (Å²) in [4.78, 5) is 59.2. The Morgan fingerprint density at radius 2 is 0.880 bits per heavy atom. The number of nitrogens with two attached hydrogens (primary N) is 1. The molecule has 0 saturated heterocycles. The number of hydrogen-bond acceptors (Lipinski definition) is 9. The largest absolute Gasteiger partial charge is 0.355 e. The molecule has 0 fully saturated rings. The molecular weight excluding hydrogens is 632 g/mol. The number of ketones is 1. The van der Waals surface area contributed by atoms with Gasteiger partial charge in [0.2, 0.25) is 17.7 Å². The maximum Gasteiger partial charge on any atom is 0.221 e. The van der Waals surface area contributed by atoms with Crippen molar-refractivity contribution in [1.29, 1.82) is 0 Å². The molecule has 0 aromatic carbocycles. The Bertz CT molecular complexity index is 928. The quantitative estimate of drug-likeness (QED) is 0.0855. The zero-order chi connectivity index (χ0) is 38.1. The molecule has 294 valence electrons. The standard InChI is InChI=1S/C38H78N8O4/c1-30(2)27-44(24-18-42-38(50)14-22-45(28-31(3)4)25-26-46(34(9)10)29-32(5)6)21-13-37(49)41-17-23-43(19-11-35(47)33(7)8)20-12-36(48)40-16-15-39/h30-34H,11-29,39H2,1-10H3,(H,40,48)(H,41,49)(H,42,50). The van der Waals surface area contributed by atoms with E-state index in [-0.39, 0.29) is 29.4 Å². The van der Waals surface area contributed by atoms with Crippen LogP contribution in [0.2, 0.25) is 0 Å². The first-order valence-electron chi connectivity index (χ1n) is 19.5. The van der Waals surface area contributed by atoms with Crippen molar-refractivity contribution in [3.63, 3.8) is 0 Å². The van der Waals surface area contributed by atoms with Gasteiger partial charge in [0.1, 0.15) is 5.78 Å². The molecule has 0 aromatic heterocycles. The van der Waals surface area contributed by atoms with Gasteiger partial charge in [-0.15, -0.1) is 0 Å². The number of carbonyl (C=O) groups excluding carboxylic acids is 4. The third-order valence-corrected chi connectivity index (χ3v) is 8.53. The van der Waals surface area contributed by atoms with Crippen LogP contribution in [-0.2, 0) is 19.2 Å². The summed E-state index contributed by atoms with van der Waals surface area (Å²) >= 11 is 0. The van der Waals surface area contributed by atoms with E-state index >= 15 is 0 Å². The highest BCUT2D eigenvalue weighted by atomic mass is 16.2. The number of nitrogens with zero attached hydrogens (tertiary/aromatic N) is 4. The van der Waals surface area contributed by atoms with Gasteiger partial charge in [0.05, 0.1) is 0 Å². The molecule has 50 heavy (non-hydrogen) atoms. The molecular formula is C38H78N8O4. The van der Waals surface area contributed by atoms with Gasteiger partial charge in [-0.2, -0.15) is 0 Å². The van der Waals surface area contributed by atoms with Crippen molar-refractivity contribution in [2.24, 2.45) is 29.4 Å². The summed E-state index contributed by atoms with van der Waals surface area (Å²) in [5, 5.41) is 8.91. The number of carbonyl (C=O) groups is 4. The second-order valence-corrected chi connectivity index (χ2v) is 15.7. The number of nitrogens with one attached hydrogen (secondary N) is 3. The molecule has 0 heterocycles. The van der Waals surface area contributed by atoms with Crippen LogP contribution in [-0.4, -0.2) is 147 Å². The minimum Gasteiger partial charge on any atom is -0.355 e.